The third kappa shape index (κ3) is 3.74. The smallest absolute Gasteiger partial charge is 0.270 e. The molecule has 0 spiro atoms. The Morgan fingerprint density at radius 1 is 1.21 bits per heavy atom. The molecule has 1 fully saturated rings. The van der Waals surface area contributed by atoms with E-state index >= 15 is 0 Å². The van der Waals surface area contributed by atoms with E-state index in [4.69, 9.17) is 5.10 Å². The Hall–Kier alpha value is -2.80. The normalized spacial score (nSPS) is 16.9. The predicted molar refractivity (Wildman–Crippen MR) is 116 cm³/mol. The molecule has 29 heavy (non-hydrogen) atoms. The van der Waals surface area contributed by atoms with Gasteiger partial charge in [0.15, 0.2) is 0 Å². The Bertz CT molecular complexity index is 1030. The molecule has 7 nitrogen and oxygen atoms in total. The summed E-state index contributed by atoms with van der Waals surface area (Å²) >= 11 is 0. The fraction of sp³-hybridized carbons (Fsp3) is 0.455. The first-order valence-electron chi connectivity index (χ1n) is 10.1. The van der Waals surface area contributed by atoms with E-state index in [2.05, 4.69) is 53.1 Å². The molecule has 0 saturated carbocycles. The highest BCUT2D eigenvalue weighted by molar-refractivity contribution is 5.99. The van der Waals surface area contributed by atoms with Crippen molar-refractivity contribution in [3.63, 3.8) is 0 Å². The molecule has 3 aromatic rings. The summed E-state index contributed by atoms with van der Waals surface area (Å²) in [4.78, 5) is 22.8. The first-order chi connectivity index (χ1) is 13.8. The first-order valence-corrected chi connectivity index (χ1v) is 10.1. The van der Waals surface area contributed by atoms with Gasteiger partial charge in [-0.2, -0.15) is 5.10 Å². The Kier molecular flexibility index (Phi) is 5.08. The van der Waals surface area contributed by atoms with Crippen LogP contribution in [0.3, 0.4) is 0 Å². The number of rotatable bonds is 5. The molecule has 3 heterocycles. The van der Waals surface area contributed by atoms with Gasteiger partial charge in [-0.15, -0.1) is 0 Å². The summed E-state index contributed by atoms with van der Waals surface area (Å²) in [5, 5.41) is 5.78. The Morgan fingerprint density at radius 3 is 2.72 bits per heavy atom. The molecule has 4 rings (SSSR count). The number of likely N-dealkylation sites (tertiary alicyclic amines) is 1. The monoisotopic (exact) mass is 394 g/mol. The number of fused-ring (bicyclic) bond motifs is 1. The van der Waals surface area contributed by atoms with Crippen molar-refractivity contribution in [3.8, 4) is 0 Å². The summed E-state index contributed by atoms with van der Waals surface area (Å²) in [5.74, 6) is 0.0508. The number of aromatic amines is 1. The van der Waals surface area contributed by atoms with Gasteiger partial charge < -0.3 is 19.7 Å². The maximum atomic E-state index is 13.3. The van der Waals surface area contributed by atoms with Crippen molar-refractivity contribution in [1.82, 2.24) is 24.6 Å². The second-order valence-corrected chi connectivity index (χ2v) is 8.43. The Labute approximate surface area is 171 Å². The average Bonchev–Trinajstić information content (AvgIpc) is 3.38. The summed E-state index contributed by atoms with van der Waals surface area (Å²) in [6.07, 6.45) is 1.95. The molecule has 1 saturated heterocycles. The summed E-state index contributed by atoms with van der Waals surface area (Å²) < 4.78 is 1.93. The molecule has 1 atom stereocenters. The van der Waals surface area contributed by atoms with E-state index in [0.717, 1.165) is 53.9 Å². The van der Waals surface area contributed by atoms with Crippen molar-refractivity contribution in [2.45, 2.75) is 25.4 Å². The Morgan fingerprint density at radius 2 is 2.00 bits per heavy atom. The van der Waals surface area contributed by atoms with Crippen LogP contribution in [-0.4, -0.2) is 65.2 Å². The van der Waals surface area contributed by atoms with Crippen LogP contribution in [0.5, 0.6) is 0 Å². The minimum atomic E-state index is 0.0355. The molecule has 1 aliphatic heterocycles. The van der Waals surface area contributed by atoms with Crippen LogP contribution in [0.15, 0.2) is 30.3 Å². The lowest BCUT2D eigenvalue weighted by Gasteiger charge is -2.22. The lowest BCUT2D eigenvalue weighted by atomic mass is 10.1. The number of aryl methyl sites for hydroxylation is 1. The maximum Gasteiger partial charge on any atom is 0.270 e. The molecule has 1 aliphatic rings. The summed E-state index contributed by atoms with van der Waals surface area (Å²) in [5.41, 5.74) is 4.89. The number of hydrogen-bond donors (Lipinski definition) is 1. The molecule has 2 aromatic heterocycles. The molecule has 1 aromatic carbocycles. The molecular formula is C22H30N6O. The fourth-order valence-corrected chi connectivity index (χ4v) is 4.15. The lowest BCUT2D eigenvalue weighted by molar-refractivity contribution is 0.0727. The molecule has 0 radical (unpaired) electrons. The average molecular weight is 395 g/mol. The van der Waals surface area contributed by atoms with E-state index in [1.807, 2.05) is 36.8 Å². The van der Waals surface area contributed by atoms with Crippen LogP contribution >= 0.6 is 0 Å². The zero-order valence-electron chi connectivity index (χ0n) is 17.9. The van der Waals surface area contributed by atoms with E-state index in [-0.39, 0.29) is 11.9 Å². The van der Waals surface area contributed by atoms with Crippen LogP contribution < -0.4 is 4.90 Å². The van der Waals surface area contributed by atoms with E-state index in [1.54, 1.807) is 0 Å². The third-order valence-corrected chi connectivity index (χ3v) is 5.68. The molecule has 0 unspecified atom stereocenters. The van der Waals surface area contributed by atoms with Gasteiger partial charge in [0.2, 0.25) is 0 Å². The second-order valence-electron chi connectivity index (χ2n) is 8.43. The number of carbonyl (C=O) groups is 1. The van der Waals surface area contributed by atoms with E-state index in [0.29, 0.717) is 5.69 Å². The number of aromatic nitrogens is 3. The van der Waals surface area contributed by atoms with Gasteiger partial charge in [0.1, 0.15) is 5.69 Å². The zero-order valence-corrected chi connectivity index (χ0v) is 17.9. The molecule has 154 valence electrons. The predicted octanol–water partition coefficient (Wildman–Crippen LogP) is 3.01. The van der Waals surface area contributed by atoms with Crippen molar-refractivity contribution in [1.29, 1.82) is 0 Å². The van der Waals surface area contributed by atoms with Gasteiger partial charge >= 0.3 is 0 Å². The largest absolute Gasteiger partial charge is 0.378 e. The minimum absolute atomic E-state index is 0.0355. The van der Waals surface area contributed by atoms with E-state index in [1.165, 1.54) is 0 Å². The zero-order chi connectivity index (χ0) is 20.7. The summed E-state index contributed by atoms with van der Waals surface area (Å²) in [7, 11) is 10.1. The van der Waals surface area contributed by atoms with Gasteiger partial charge in [-0.1, -0.05) is 6.07 Å². The number of H-pyrrole nitrogens is 1. The van der Waals surface area contributed by atoms with E-state index < -0.39 is 0 Å². The van der Waals surface area contributed by atoms with Gasteiger partial charge in [0.25, 0.3) is 5.91 Å². The molecule has 1 N–H and O–H groups in total. The number of nitrogens with one attached hydrogen (secondary N) is 1. The second kappa shape index (κ2) is 7.55. The highest BCUT2D eigenvalue weighted by Gasteiger charge is 2.33. The third-order valence-electron chi connectivity index (χ3n) is 5.68. The molecular weight excluding hydrogens is 364 g/mol. The SMILES string of the molecule is CN(C)Cc1cc([C@H]2CCCN2C(=O)c2cc3ccc(N(C)C)cc3[nH]2)nn1C. The summed E-state index contributed by atoms with van der Waals surface area (Å²) in [6, 6.07) is 10.4. The van der Waals surface area contributed by atoms with Crippen molar-refractivity contribution in [2.24, 2.45) is 7.05 Å². The quantitative estimate of drug-likeness (QED) is 0.723. The molecule has 7 heteroatoms. The van der Waals surface area contributed by atoms with Crippen LogP contribution in [0.4, 0.5) is 5.69 Å². The van der Waals surface area contributed by atoms with Crippen LogP contribution in [0.25, 0.3) is 10.9 Å². The maximum absolute atomic E-state index is 13.3. The van der Waals surface area contributed by atoms with Crippen molar-refractivity contribution in [3.05, 3.63) is 47.4 Å². The van der Waals surface area contributed by atoms with Crippen LogP contribution in [0.1, 0.15) is 40.8 Å². The molecule has 0 aliphatic carbocycles. The number of anilines is 1. The van der Waals surface area contributed by atoms with Crippen LogP contribution in [-0.2, 0) is 13.6 Å². The standard InChI is InChI=1S/C22H30N6O/c1-25(2)14-17-13-19(24-27(17)5)21-7-6-10-28(21)22(29)20-11-15-8-9-16(26(3)4)12-18(15)23-20/h8-9,11-13,21,23H,6-7,10,14H2,1-5H3/t21-/m1/s1. The number of nitrogens with zero attached hydrogens (tertiary/aromatic N) is 5. The van der Waals surface area contributed by atoms with Crippen molar-refractivity contribution < 1.29 is 4.79 Å². The highest BCUT2D eigenvalue weighted by Crippen LogP contribution is 2.33. The number of hydrogen-bond acceptors (Lipinski definition) is 4. The van der Waals surface area contributed by atoms with Crippen LogP contribution in [0, 0.1) is 0 Å². The topological polar surface area (TPSA) is 60.4 Å². The van der Waals surface area contributed by atoms with Crippen LogP contribution in [0.2, 0.25) is 0 Å². The lowest BCUT2D eigenvalue weighted by Crippen LogP contribution is -2.31. The fourth-order valence-electron chi connectivity index (χ4n) is 4.15. The number of amides is 1. The molecule has 0 bridgehead atoms. The van der Waals surface area contributed by atoms with E-state index in [9.17, 15) is 4.79 Å². The minimum Gasteiger partial charge on any atom is -0.378 e. The highest BCUT2D eigenvalue weighted by atomic mass is 16.2. The van der Waals surface area contributed by atoms with Gasteiger partial charge in [-0.25, -0.2) is 0 Å². The number of carbonyl (C=O) groups excluding carboxylic acids is 1. The summed E-state index contributed by atoms with van der Waals surface area (Å²) in [6.45, 7) is 1.60. The van der Waals surface area contributed by atoms with Gasteiger partial charge in [0.05, 0.1) is 17.4 Å². The Balaban J connectivity index is 1.60. The van der Waals surface area contributed by atoms with Crippen molar-refractivity contribution in [2.75, 3.05) is 39.6 Å². The first kappa shape index (κ1) is 19.5. The molecule has 1 amide bonds. The van der Waals surface area contributed by atoms with Crippen molar-refractivity contribution >= 4 is 22.5 Å². The van der Waals surface area contributed by atoms with Gasteiger partial charge in [-0.05, 0) is 51.2 Å². The van der Waals surface area contributed by atoms with Gasteiger partial charge in [-0.3, -0.25) is 9.48 Å². The number of benzene rings is 1. The van der Waals surface area contributed by atoms with Gasteiger partial charge in [0, 0.05) is 50.8 Å².